The van der Waals surface area contributed by atoms with Crippen molar-refractivity contribution in [3.8, 4) is 11.5 Å². The zero-order chi connectivity index (χ0) is 17.3. The summed E-state index contributed by atoms with van der Waals surface area (Å²) in [4.78, 5) is 11.5. The van der Waals surface area contributed by atoms with Gasteiger partial charge >= 0.3 is 5.51 Å². The molecule has 0 unspecified atom stereocenters. The van der Waals surface area contributed by atoms with Crippen LogP contribution in [0.25, 0.3) is 6.08 Å². The molecule has 0 heterocycles. The van der Waals surface area contributed by atoms with E-state index in [9.17, 15) is 18.0 Å². The molecule has 1 amide bonds. The Morgan fingerprint density at radius 2 is 2.09 bits per heavy atom. The van der Waals surface area contributed by atoms with Gasteiger partial charge in [0.1, 0.15) is 0 Å². The van der Waals surface area contributed by atoms with Crippen molar-refractivity contribution < 1.29 is 27.4 Å². The summed E-state index contributed by atoms with van der Waals surface area (Å²) in [6.45, 7) is 1.51. The Labute approximate surface area is 137 Å². The minimum absolute atomic E-state index is 0.0796. The Balaban J connectivity index is 2.43. The number of alkyl halides is 3. The van der Waals surface area contributed by atoms with E-state index in [-0.39, 0.29) is 30.7 Å². The molecule has 0 radical (unpaired) electrons. The SMILES string of the molecule is C/C=C/c1ccc(OCC(=O)NCCSC(F)(F)F)c(OC)c1. The summed E-state index contributed by atoms with van der Waals surface area (Å²) >= 11 is -0.180. The lowest BCUT2D eigenvalue weighted by Gasteiger charge is -2.11. The van der Waals surface area contributed by atoms with Crippen LogP contribution in [0, 0.1) is 0 Å². The number of carbonyl (C=O) groups is 1. The molecule has 1 aromatic carbocycles. The second-order valence-electron chi connectivity index (χ2n) is 4.34. The number of halogens is 3. The molecular formula is C15H18F3NO3S. The van der Waals surface area contributed by atoms with Crippen LogP contribution >= 0.6 is 11.8 Å². The van der Waals surface area contributed by atoms with E-state index in [1.165, 1.54) is 7.11 Å². The number of methoxy groups -OCH3 is 1. The van der Waals surface area contributed by atoms with Crippen LogP contribution in [0.5, 0.6) is 11.5 Å². The van der Waals surface area contributed by atoms with Crippen molar-refractivity contribution >= 4 is 23.7 Å². The second kappa shape index (κ2) is 9.34. The van der Waals surface area contributed by atoms with Gasteiger partial charge in [-0.05, 0) is 36.4 Å². The zero-order valence-electron chi connectivity index (χ0n) is 12.8. The minimum atomic E-state index is -4.29. The molecule has 0 aliphatic rings. The van der Waals surface area contributed by atoms with E-state index in [1.54, 1.807) is 18.2 Å². The first-order valence-electron chi connectivity index (χ1n) is 6.76. The van der Waals surface area contributed by atoms with Gasteiger partial charge in [0.2, 0.25) is 0 Å². The Morgan fingerprint density at radius 3 is 2.70 bits per heavy atom. The van der Waals surface area contributed by atoms with Crippen molar-refractivity contribution in [3.63, 3.8) is 0 Å². The van der Waals surface area contributed by atoms with E-state index >= 15 is 0 Å². The van der Waals surface area contributed by atoms with E-state index < -0.39 is 11.4 Å². The Kier molecular flexibility index (Phi) is 7.80. The van der Waals surface area contributed by atoms with Crippen molar-refractivity contribution in [2.45, 2.75) is 12.4 Å². The van der Waals surface area contributed by atoms with Gasteiger partial charge in [0.25, 0.3) is 5.91 Å². The highest BCUT2D eigenvalue weighted by molar-refractivity contribution is 8.00. The van der Waals surface area contributed by atoms with Gasteiger partial charge in [0.15, 0.2) is 18.1 Å². The first-order chi connectivity index (χ1) is 10.9. The van der Waals surface area contributed by atoms with Crippen LogP contribution in [0.15, 0.2) is 24.3 Å². The summed E-state index contributed by atoms with van der Waals surface area (Å²) in [6, 6.07) is 5.23. The summed E-state index contributed by atoms with van der Waals surface area (Å²) in [5.74, 6) is 0.130. The highest BCUT2D eigenvalue weighted by Crippen LogP contribution is 2.29. The number of nitrogens with one attached hydrogen (secondary N) is 1. The first-order valence-corrected chi connectivity index (χ1v) is 7.75. The molecule has 0 aliphatic carbocycles. The van der Waals surface area contributed by atoms with Gasteiger partial charge in [-0.25, -0.2) is 0 Å². The number of benzene rings is 1. The molecule has 0 atom stereocenters. The molecule has 1 rings (SSSR count). The smallest absolute Gasteiger partial charge is 0.441 e. The molecule has 0 saturated carbocycles. The summed E-state index contributed by atoms with van der Waals surface area (Å²) in [5.41, 5.74) is -3.37. The quantitative estimate of drug-likeness (QED) is 0.730. The van der Waals surface area contributed by atoms with Crippen LogP contribution in [0.4, 0.5) is 13.2 Å². The van der Waals surface area contributed by atoms with Crippen molar-refractivity contribution in [1.29, 1.82) is 0 Å². The minimum Gasteiger partial charge on any atom is -0.493 e. The molecule has 1 N–H and O–H groups in total. The monoisotopic (exact) mass is 349 g/mol. The summed E-state index contributed by atoms with van der Waals surface area (Å²) < 4.78 is 46.3. The van der Waals surface area contributed by atoms with Gasteiger partial charge in [-0.15, -0.1) is 0 Å². The number of thioether (sulfide) groups is 1. The summed E-state index contributed by atoms with van der Waals surface area (Å²) in [5, 5.41) is 2.36. The van der Waals surface area contributed by atoms with Gasteiger partial charge in [-0.1, -0.05) is 18.2 Å². The van der Waals surface area contributed by atoms with Gasteiger partial charge in [-0.2, -0.15) is 13.2 Å². The van der Waals surface area contributed by atoms with Crippen LogP contribution in [0.3, 0.4) is 0 Å². The van der Waals surface area contributed by atoms with E-state index in [2.05, 4.69) is 5.32 Å². The van der Waals surface area contributed by atoms with Gasteiger partial charge in [0.05, 0.1) is 7.11 Å². The van der Waals surface area contributed by atoms with Crippen LogP contribution in [-0.4, -0.2) is 37.4 Å². The molecule has 0 aromatic heterocycles. The van der Waals surface area contributed by atoms with Gasteiger partial charge < -0.3 is 14.8 Å². The van der Waals surface area contributed by atoms with Crippen LogP contribution in [-0.2, 0) is 4.79 Å². The lowest BCUT2D eigenvalue weighted by Crippen LogP contribution is -2.31. The molecule has 4 nitrogen and oxygen atoms in total. The maximum Gasteiger partial charge on any atom is 0.441 e. The molecule has 1 aromatic rings. The van der Waals surface area contributed by atoms with Crippen LogP contribution in [0.2, 0.25) is 0 Å². The van der Waals surface area contributed by atoms with Crippen LogP contribution in [0.1, 0.15) is 12.5 Å². The third-order valence-electron chi connectivity index (χ3n) is 2.60. The first kappa shape index (κ1) is 19.2. The Morgan fingerprint density at radius 1 is 1.35 bits per heavy atom. The molecular weight excluding hydrogens is 331 g/mol. The Bertz CT molecular complexity index is 547. The van der Waals surface area contributed by atoms with E-state index in [4.69, 9.17) is 9.47 Å². The molecule has 0 aliphatic heterocycles. The third-order valence-corrected chi connectivity index (χ3v) is 3.33. The highest BCUT2D eigenvalue weighted by atomic mass is 32.2. The number of hydrogen-bond donors (Lipinski definition) is 1. The fraction of sp³-hybridized carbons (Fsp3) is 0.400. The number of carbonyl (C=O) groups excluding carboxylic acids is 1. The molecule has 0 fully saturated rings. The number of allylic oxidation sites excluding steroid dienone is 1. The molecule has 128 valence electrons. The maximum atomic E-state index is 11.9. The highest BCUT2D eigenvalue weighted by Gasteiger charge is 2.27. The molecule has 0 bridgehead atoms. The summed E-state index contributed by atoms with van der Waals surface area (Å²) in [6.07, 6.45) is 3.76. The molecule has 23 heavy (non-hydrogen) atoms. The lowest BCUT2D eigenvalue weighted by molar-refractivity contribution is -0.123. The second-order valence-corrected chi connectivity index (χ2v) is 5.50. The van der Waals surface area contributed by atoms with Crippen molar-refractivity contribution in [3.05, 3.63) is 29.8 Å². The van der Waals surface area contributed by atoms with E-state index in [0.29, 0.717) is 11.5 Å². The summed E-state index contributed by atoms with van der Waals surface area (Å²) in [7, 11) is 1.48. The predicted molar refractivity (Wildman–Crippen MR) is 84.7 cm³/mol. The van der Waals surface area contributed by atoms with Crippen LogP contribution < -0.4 is 14.8 Å². The average Bonchev–Trinajstić information content (AvgIpc) is 2.49. The van der Waals surface area contributed by atoms with Crippen molar-refractivity contribution in [2.75, 3.05) is 26.0 Å². The van der Waals surface area contributed by atoms with Crippen molar-refractivity contribution in [1.82, 2.24) is 5.32 Å². The predicted octanol–water partition coefficient (Wildman–Crippen LogP) is 3.48. The Hall–Kier alpha value is -1.83. The van der Waals surface area contributed by atoms with E-state index in [1.807, 2.05) is 19.1 Å². The van der Waals surface area contributed by atoms with E-state index in [0.717, 1.165) is 5.56 Å². The molecule has 0 spiro atoms. The molecule has 8 heteroatoms. The van der Waals surface area contributed by atoms with Gasteiger partial charge in [-0.3, -0.25) is 4.79 Å². The standard InChI is InChI=1S/C15H18F3NO3S/c1-3-4-11-5-6-12(13(9-11)21-2)22-10-14(20)19-7-8-23-15(16,17)18/h3-6,9H,7-8,10H2,1-2H3,(H,19,20)/b4-3+. The number of amides is 1. The lowest BCUT2D eigenvalue weighted by atomic mass is 10.2. The molecule has 0 saturated heterocycles. The maximum absolute atomic E-state index is 11.9. The number of ether oxygens (including phenoxy) is 2. The zero-order valence-corrected chi connectivity index (χ0v) is 13.6. The normalized spacial score (nSPS) is 11.5. The van der Waals surface area contributed by atoms with Crippen molar-refractivity contribution in [2.24, 2.45) is 0 Å². The fourth-order valence-corrected chi connectivity index (χ4v) is 2.09. The number of rotatable bonds is 8. The third kappa shape index (κ3) is 7.83. The van der Waals surface area contributed by atoms with Gasteiger partial charge in [0, 0.05) is 12.3 Å². The fourth-order valence-electron chi connectivity index (χ4n) is 1.65. The topological polar surface area (TPSA) is 47.6 Å². The average molecular weight is 349 g/mol. The largest absolute Gasteiger partial charge is 0.493 e. The number of hydrogen-bond acceptors (Lipinski definition) is 4.